The van der Waals surface area contributed by atoms with Crippen LogP contribution in [0, 0.1) is 0 Å². The van der Waals surface area contributed by atoms with Gasteiger partial charge < -0.3 is 15.2 Å². The number of halogens is 3. The zero-order chi connectivity index (χ0) is 12.8. The lowest BCUT2D eigenvalue weighted by Crippen LogP contribution is -2.43. The number of nitrogens with one attached hydrogen (secondary N) is 1. The summed E-state index contributed by atoms with van der Waals surface area (Å²) in [5, 5.41) is 10.6. The third-order valence-corrected chi connectivity index (χ3v) is 1.49. The fourth-order valence-electron chi connectivity index (χ4n) is 0.809. The van der Waals surface area contributed by atoms with Gasteiger partial charge in [0.1, 0.15) is 0 Å². The van der Waals surface area contributed by atoms with Gasteiger partial charge in [0.05, 0.1) is 19.6 Å². The van der Waals surface area contributed by atoms with Gasteiger partial charge in [0.2, 0.25) is 5.91 Å². The van der Waals surface area contributed by atoms with Crippen LogP contribution in [0.15, 0.2) is 0 Å². The summed E-state index contributed by atoms with van der Waals surface area (Å²) in [5.74, 6) is -1.95. The van der Waals surface area contributed by atoms with Gasteiger partial charge in [-0.25, -0.2) is 4.79 Å². The first kappa shape index (κ1) is 14.7. The van der Waals surface area contributed by atoms with E-state index < -0.39 is 43.7 Å². The summed E-state index contributed by atoms with van der Waals surface area (Å²) in [6.07, 6.45) is -5.49. The molecule has 0 spiro atoms. The molecule has 0 aliphatic heterocycles. The van der Waals surface area contributed by atoms with Gasteiger partial charge in [-0.1, -0.05) is 0 Å². The van der Waals surface area contributed by atoms with Crippen molar-refractivity contribution in [3.05, 3.63) is 0 Å². The Kier molecular flexibility index (Phi) is 5.79. The van der Waals surface area contributed by atoms with Crippen LogP contribution in [0.3, 0.4) is 0 Å². The number of carbonyl (C=O) groups is 2. The summed E-state index contributed by atoms with van der Waals surface area (Å²) in [6, 6.07) is -1.33. The van der Waals surface area contributed by atoms with Gasteiger partial charge in [-0.15, -0.1) is 0 Å². The van der Waals surface area contributed by atoms with Crippen LogP contribution in [0.1, 0.15) is 13.3 Å². The lowest BCUT2D eigenvalue weighted by molar-refractivity contribution is -0.150. The molecule has 0 radical (unpaired) electrons. The van der Waals surface area contributed by atoms with E-state index in [0.29, 0.717) is 0 Å². The third-order valence-electron chi connectivity index (χ3n) is 1.49. The van der Waals surface area contributed by atoms with Crippen molar-refractivity contribution >= 4 is 11.9 Å². The number of carbonyl (C=O) groups excluding carboxylic acids is 1. The molecule has 0 saturated carbocycles. The van der Waals surface area contributed by atoms with Gasteiger partial charge in [0.25, 0.3) is 0 Å². The molecule has 8 heteroatoms. The normalized spacial score (nSPS) is 13.2. The van der Waals surface area contributed by atoms with Crippen molar-refractivity contribution in [2.45, 2.75) is 25.6 Å². The fourth-order valence-corrected chi connectivity index (χ4v) is 0.809. The number of alkyl halides is 3. The predicted molar refractivity (Wildman–Crippen MR) is 46.7 cm³/mol. The molecule has 1 atom stereocenters. The summed E-state index contributed by atoms with van der Waals surface area (Å²) in [4.78, 5) is 21.0. The molecule has 2 N–H and O–H groups in total. The Morgan fingerprint density at radius 2 is 2.00 bits per heavy atom. The summed E-state index contributed by atoms with van der Waals surface area (Å²) in [6.45, 7) is -0.0243. The van der Waals surface area contributed by atoms with E-state index in [4.69, 9.17) is 5.11 Å². The molecule has 1 amide bonds. The van der Waals surface area contributed by atoms with Crippen LogP contribution >= 0.6 is 0 Å². The highest BCUT2D eigenvalue weighted by molar-refractivity contribution is 5.82. The predicted octanol–water partition coefficient (Wildman–Crippen LogP) is 0.545. The van der Waals surface area contributed by atoms with Crippen molar-refractivity contribution in [3.8, 4) is 0 Å². The second-order valence-electron chi connectivity index (χ2n) is 3.03. The standard InChI is InChI=1S/C8H12F3NO4/c1-5(13)12-6(7(14)15)4-16-3-2-8(9,10)11/h6H,2-4H2,1H3,(H,12,13)(H,14,15). The molecule has 5 nitrogen and oxygen atoms in total. The number of carboxylic acid groups (broad SMARTS) is 1. The zero-order valence-corrected chi connectivity index (χ0v) is 8.50. The molecule has 0 heterocycles. The lowest BCUT2D eigenvalue weighted by Gasteiger charge is -2.13. The number of ether oxygens (including phenoxy) is 1. The van der Waals surface area contributed by atoms with Crippen molar-refractivity contribution < 1.29 is 32.6 Å². The zero-order valence-electron chi connectivity index (χ0n) is 8.50. The van der Waals surface area contributed by atoms with Crippen LogP contribution in [0.25, 0.3) is 0 Å². The van der Waals surface area contributed by atoms with E-state index in [2.05, 4.69) is 4.74 Å². The molecule has 0 aromatic carbocycles. The second-order valence-corrected chi connectivity index (χ2v) is 3.03. The van der Waals surface area contributed by atoms with Crippen LogP contribution in [0.5, 0.6) is 0 Å². The van der Waals surface area contributed by atoms with Crippen LogP contribution in [0.4, 0.5) is 13.2 Å². The number of hydrogen-bond donors (Lipinski definition) is 2. The van der Waals surface area contributed by atoms with Gasteiger partial charge in [-0.3, -0.25) is 4.79 Å². The highest BCUT2D eigenvalue weighted by atomic mass is 19.4. The monoisotopic (exact) mass is 243 g/mol. The average Bonchev–Trinajstić information content (AvgIpc) is 2.07. The first-order valence-corrected chi connectivity index (χ1v) is 4.37. The van der Waals surface area contributed by atoms with Gasteiger partial charge in [-0.2, -0.15) is 13.2 Å². The Morgan fingerprint density at radius 1 is 1.44 bits per heavy atom. The van der Waals surface area contributed by atoms with E-state index in [-0.39, 0.29) is 0 Å². The fraction of sp³-hybridized carbons (Fsp3) is 0.750. The van der Waals surface area contributed by atoms with Crippen LogP contribution in [-0.2, 0) is 14.3 Å². The third kappa shape index (κ3) is 8.04. The van der Waals surface area contributed by atoms with Gasteiger partial charge in [0.15, 0.2) is 6.04 Å². The van der Waals surface area contributed by atoms with E-state index in [1.165, 1.54) is 0 Å². The second kappa shape index (κ2) is 6.31. The maximum atomic E-state index is 11.7. The minimum absolute atomic E-state index is 0.495. The molecule has 0 aliphatic carbocycles. The molecule has 0 saturated heterocycles. The van der Waals surface area contributed by atoms with Crippen molar-refractivity contribution in [1.29, 1.82) is 0 Å². The van der Waals surface area contributed by atoms with Gasteiger partial charge >= 0.3 is 12.1 Å². The van der Waals surface area contributed by atoms with Gasteiger partial charge in [0, 0.05) is 6.92 Å². The number of hydrogen-bond acceptors (Lipinski definition) is 3. The summed E-state index contributed by atoms with van der Waals surface area (Å²) >= 11 is 0. The topological polar surface area (TPSA) is 75.6 Å². The molecule has 16 heavy (non-hydrogen) atoms. The van der Waals surface area contributed by atoms with Crippen LogP contribution < -0.4 is 5.32 Å². The largest absolute Gasteiger partial charge is 0.480 e. The van der Waals surface area contributed by atoms with Crippen molar-refractivity contribution in [2.24, 2.45) is 0 Å². The Hall–Kier alpha value is -1.31. The molecule has 0 rings (SSSR count). The number of rotatable bonds is 6. The summed E-state index contributed by atoms with van der Waals surface area (Å²) in [7, 11) is 0. The first-order valence-electron chi connectivity index (χ1n) is 4.37. The highest BCUT2D eigenvalue weighted by Gasteiger charge is 2.27. The molecule has 0 fully saturated rings. The van der Waals surface area contributed by atoms with E-state index in [0.717, 1.165) is 6.92 Å². The molecule has 94 valence electrons. The number of aliphatic carboxylic acids is 1. The average molecular weight is 243 g/mol. The van der Waals surface area contributed by atoms with Crippen molar-refractivity contribution in [3.63, 3.8) is 0 Å². The Morgan fingerprint density at radius 3 is 2.38 bits per heavy atom. The minimum atomic E-state index is -4.34. The van der Waals surface area contributed by atoms with E-state index >= 15 is 0 Å². The molecule has 0 bridgehead atoms. The molecule has 0 aromatic rings. The molecule has 0 aliphatic rings. The Bertz CT molecular complexity index is 254. The summed E-state index contributed by atoms with van der Waals surface area (Å²) in [5.41, 5.74) is 0. The number of amides is 1. The maximum Gasteiger partial charge on any atom is 0.391 e. The van der Waals surface area contributed by atoms with Crippen molar-refractivity contribution in [2.75, 3.05) is 13.2 Å². The highest BCUT2D eigenvalue weighted by Crippen LogP contribution is 2.18. The van der Waals surface area contributed by atoms with Crippen LogP contribution in [-0.4, -0.2) is 42.4 Å². The maximum absolute atomic E-state index is 11.7. The van der Waals surface area contributed by atoms with E-state index in [1.807, 2.05) is 5.32 Å². The Labute approximate surface area is 89.6 Å². The summed E-state index contributed by atoms with van der Waals surface area (Å²) < 4.78 is 39.6. The molecular weight excluding hydrogens is 231 g/mol. The van der Waals surface area contributed by atoms with E-state index in [9.17, 15) is 22.8 Å². The smallest absolute Gasteiger partial charge is 0.391 e. The lowest BCUT2D eigenvalue weighted by atomic mass is 10.3. The SMILES string of the molecule is CC(=O)NC(COCCC(F)(F)F)C(=O)O. The van der Waals surface area contributed by atoms with Crippen LogP contribution in [0.2, 0.25) is 0 Å². The molecular formula is C8H12F3NO4. The van der Waals surface area contributed by atoms with E-state index in [1.54, 1.807) is 0 Å². The van der Waals surface area contributed by atoms with Crippen molar-refractivity contribution in [1.82, 2.24) is 5.32 Å². The molecule has 1 unspecified atom stereocenters. The van der Waals surface area contributed by atoms with Gasteiger partial charge in [-0.05, 0) is 0 Å². The quantitative estimate of drug-likeness (QED) is 0.668. The molecule has 0 aromatic heterocycles. The minimum Gasteiger partial charge on any atom is -0.480 e. The number of carboxylic acids is 1. The first-order chi connectivity index (χ1) is 7.22. The Balaban J connectivity index is 3.86.